The van der Waals surface area contributed by atoms with Crippen molar-refractivity contribution in [3.05, 3.63) is 65.7 Å². The van der Waals surface area contributed by atoms with Crippen LogP contribution < -0.4 is 0 Å². The molecule has 1 heterocycles. The zero-order chi connectivity index (χ0) is 13.9. The van der Waals surface area contributed by atoms with Crippen molar-refractivity contribution >= 4 is 10.9 Å². The lowest BCUT2D eigenvalue weighted by Gasteiger charge is -2.10. The van der Waals surface area contributed by atoms with E-state index in [1.54, 1.807) is 0 Å². The molecular formula is C18H17NO. The first-order chi connectivity index (χ1) is 9.81. The Balaban J connectivity index is 2.17. The van der Waals surface area contributed by atoms with Gasteiger partial charge in [-0.1, -0.05) is 49.4 Å². The van der Waals surface area contributed by atoms with Gasteiger partial charge in [-0.2, -0.15) is 0 Å². The Hall–Kier alpha value is -2.19. The molecule has 1 N–H and O–H groups in total. The maximum atomic E-state index is 9.13. The second-order valence-corrected chi connectivity index (χ2v) is 4.90. The van der Waals surface area contributed by atoms with Gasteiger partial charge >= 0.3 is 0 Å². The van der Waals surface area contributed by atoms with Crippen molar-refractivity contribution in [2.24, 2.45) is 0 Å². The van der Waals surface area contributed by atoms with Gasteiger partial charge < -0.3 is 5.11 Å². The number of pyridine rings is 1. The van der Waals surface area contributed by atoms with E-state index < -0.39 is 0 Å². The molecule has 0 aliphatic carbocycles. The van der Waals surface area contributed by atoms with Gasteiger partial charge in [0.1, 0.15) is 0 Å². The predicted molar refractivity (Wildman–Crippen MR) is 82.5 cm³/mol. The first-order valence-corrected chi connectivity index (χ1v) is 6.90. The molecule has 2 heteroatoms. The van der Waals surface area contributed by atoms with E-state index in [2.05, 4.69) is 19.1 Å². The first-order valence-electron chi connectivity index (χ1n) is 6.90. The number of aromatic nitrogens is 1. The zero-order valence-electron chi connectivity index (χ0n) is 11.5. The number of aliphatic hydroxyl groups excluding tert-OH is 1. The molecule has 3 rings (SSSR count). The van der Waals surface area contributed by atoms with Crippen LogP contribution in [0.15, 0.2) is 54.6 Å². The number of hydrogen-bond donors (Lipinski definition) is 1. The van der Waals surface area contributed by atoms with Crippen molar-refractivity contribution in [1.82, 2.24) is 4.98 Å². The SMILES string of the molecule is CCc1cc2ccccc2nc1-c1ccc(CO)cc1. The summed E-state index contributed by atoms with van der Waals surface area (Å²) in [6, 6.07) is 18.4. The molecule has 2 aromatic carbocycles. The molecule has 0 unspecified atom stereocenters. The Kier molecular flexibility index (Phi) is 3.48. The van der Waals surface area contributed by atoms with Gasteiger partial charge in [0.15, 0.2) is 0 Å². The summed E-state index contributed by atoms with van der Waals surface area (Å²) in [6.45, 7) is 2.23. The standard InChI is InChI=1S/C18H17NO/c1-2-14-11-16-5-3-4-6-17(16)19-18(14)15-9-7-13(12-20)8-10-15/h3-11,20H,2,12H2,1H3. The normalized spacial score (nSPS) is 10.9. The van der Waals surface area contributed by atoms with Crippen LogP contribution >= 0.6 is 0 Å². The lowest BCUT2D eigenvalue weighted by molar-refractivity contribution is 0.282. The van der Waals surface area contributed by atoms with E-state index in [4.69, 9.17) is 10.1 Å². The number of hydrogen-bond acceptors (Lipinski definition) is 2. The Labute approximate surface area is 118 Å². The molecule has 0 amide bonds. The summed E-state index contributed by atoms with van der Waals surface area (Å²) < 4.78 is 0. The van der Waals surface area contributed by atoms with Crippen molar-refractivity contribution in [2.45, 2.75) is 20.0 Å². The molecule has 0 aliphatic heterocycles. The molecule has 0 bridgehead atoms. The van der Waals surface area contributed by atoms with Gasteiger partial charge in [-0.15, -0.1) is 0 Å². The number of nitrogens with zero attached hydrogens (tertiary/aromatic N) is 1. The molecule has 2 nitrogen and oxygen atoms in total. The Bertz CT molecular complexity index is 732. The number of aryl methyl sites for hydroxylation is 1. The maximum Gasteiger partial charge on any atom is 0.0741 e. The summed E-state index contributed by atoms with van der Waals surface area (Å²) >= 11 is 0. The topological polar surface area (TPSA) is 33.1 Å². The van der Waals surface area contributed by atoms with Crippen molar-refractivity contribution < 1.29 is 5.11 Å². The van der Waals surface area contributed by atoms with Gasteiger partial charge in [-0.25, -0.2) is 4.98 Å². The first kappa shape index (κ1) is 12.8. The summed E-state index contributed by atoms with van der Waals surface area (Å²) in [4.78, 5) is 4.81. The molecule has 3 aromatic rings. The van der Waals surface area contributed by atoms with Crippen LogP contribution in [0, 0.1) is 0 Å². The quantitative estimate of drug-likeness (QED) is 0.776. The summed E-state index contributed by atoms with van der Waals surface area (Å²) in [5.74, 6) is 0. The summed E-state index contributed by atoms with van der Waals surface area (Å²) in [7, 11) is 0. The smallest absolute Gasteiger partial charge is 0.0741 e. The van der Waals surface area contributed by atoms with Crippen LogP contribution in [0.5, 0.6) is 0 Å². The third-order valence-electron chi connectivity index (χ3n) is 3.59. The summed E-state index contributed by atoms with van der Waals surface area (Å²) in [5.41, 5.74) is 5.33. The van der Waals surface area contributed by atoms with Crippen LogP contribution in [-0.2, 0) is 13.0 Å². The highest BCUT2D eigenvalue weighted by Gasteiger charge is 2.08. The number of fused-ring (bicyclic) bond motifs is 1. The Morgan fingerprint density at radius 3 is 2.45 bits per heavy atom. The van der Waals surface area contributed by atoms with Gasteiger partial charge in [0.2, 0.25) is 0 Å². The number of para-hydroxylation sites is 1. The van der Waals surface area contributed by atoms with Crippen molar-refractivity contribution in [3.63, 3.8) is 0 Å². The van der Waals surface area contributed by atoms with Crippen LogP contribution in [0.25, 0.3) is 22.2 Å². The van der Waals surface area contributed by atoms with E-state index in [1.165, 1.54) is 10.9 Å². The molecule has 0 fully saturated rings. The van der Waals surface area contributed by atoms with Crippen molar-refractivity contribution in [2.75, 3.05) is 0 Å². The van der Waals surface area contributed by atoms with Crippen molar-refractivity contribution in [3.8, 4) is 11.3 Å². The molecule has 1 aromatic heterocycles. The summed E-state index contributed by atoms with van der Waals surface area (Å²) in [5, 5.41) is 10.3. The van der Waals surface area contributed by atoms with Crippen LogP contribution in [0.3, 0.4) is 0 Å². The van der Waals surface area contributed by atoms with Gasteiger partial charge in [0.25, 0.3) is 0 Å². The van der Waals surface area contributed by atoms with Gasteiger partial charge in [-0.05, 0) is 29.7 Å². The summed E-state index contributed by atoms with van der Waals surface area (Å²) in [6.07, 6.45) is 0.953. The zero-order valence-corrected chi connectivity index (χ0v) is 11.5. The molecular weight excluding hydrogens is 246 g/mol. The number of aliphatic hydroxyl groups is 1. The van der Waals surface area contributed by atoms with E-state index in [0.29, 0.717) is 0 Å². The van der Waals surface area contributed by atoms with Crippen LogP contribution in [0.2, 0.25) is 0 Å². The van der Waals surface area contributed by atoms with E-state index in [9.17, 15) is 0 Å². The third kappa shape index (κ3) is 2.30. The fourth-order valence-electron chi connectivity index (χ4n) is 2.45. The molecule has 100 valence electrons. The van der Waals surface area contributed by atoms with Gasteiger partial charge in [0, 0.05) is 10.9 Å². The molecule has 0 radical (unpaired) electrons. The van der Waals surface area contributed by atoms with Crippen LogP contribution in [-0.4, -0.2) is 10.1 Å². The molecule has 0 aliphatic rings. The second-order valence-electron chi connectivity index (χ2n) is 4.90. The van der Waals surface area contributed by atoms with Crippen LogP contribution in [0.4, 0.5) is 0 Å². The average Bonchev–Trinajstić information content (AvgIpc) is 2.53. The monoisotopic (exact) mass is 263 g/mol. The van der Waals surface area contributed by atoms with E-state index >= 15 is 0 Å². The maximum absolute atomic E-state index is 9.13. The highest BCUT2D eigenvalue weighted by Crippen LogP contribution is 2.26. The number of rotatable bonds is 3. The molecule has 0 saturated heterocycles. The van der Waals surface area contributed by atoms with Gasteiger partial charge in [-0.3, -0.25) is 0 Å². The predicted octanol–water partition coefficient (Wildman–Crippen LogP) is 3.96. The Morgan fingerprint density at radius 1 is 1.00 bits per heavy atom. The fourth-order valence-corrected chi connectivity index (χ4v) is 2.45. The molecule has 0 atom stereocenters. The van der Waals surface area contributed by atoms with E-state index in [1.807, 2.05) is 42.5 Å². The van der Waals surface area contributed by atoms with Crippen molar-refractivity contribution in [1.29, 1.82) is 0 Å². The highest BCUT2D eigenvalue weighted by molar-refractivity contribution is 5.83. The minimum atomic E-state index is 0.0755. The lowest BCUT2D eigenvalue weighted by atomic mass is 10.0. The van der Waals surface area contributed by atoms with E-state index in [-0.39, 0.29) is 6.61 Å². The van der Waals surface area contributed by atoms with Crippen LogP contribution in [0.1, 0.15) is 18.1 Å². The average molecular weight is 263 g/mol. The van der Waals surface area contributed by atoms with E-state index in [0.717, 1.165) is 28.8 Å². The second kappa shape index (κ2) is 5.43. The minimum Gasteiger partial charge on any atom is -0.392 e. The molecule has 20 heavy (non-hydrogen) atoms. The molecule has 0 saturated carbocycles. The lowest BCUT2D eigenvalue weighted by Crippen LogP contribution is -1.94. The largest absolute Gasteiger partial charge is 0.392 e. The number of benzene rings is 2. The highest BCUT2D eigenvalue weighted by atomic mass is 16.3. The minimum absolute atomic E-state index is 0.0755. The fraction of sp³-hybridized carbons (Fsp3) is 0.167. The third-order valence-corrected chi connectivity index (χ3v) is 3.59. The molecule has 0 spiro atoms. The Morgan fingerprint density at radius 2 is 1.75 bits per heavy atom. The van der Waals surface area contributed by atoms with Gasteiger partial charge in [0.05, 0.1) is 17.8 Å².